The number of carbonyl (C=O) groups is 1. The number of para-hydroxylation sites is 2. The number of nitrogens with one attached hydrogen (secondary N) is 1. The molecule has 0 aromatic heterocycles. The van der Waals surface area contributed by atoms with Gasteiger partial charge in [-0.1, -0.05) is 12.1 Å². The van der Waals surface area contributed by atoms with Gasteiger partial charge < -0.3 is 14.8 Å². The predicted octanol–water partition coefficient (Wildman–Crippen LogP) is 2.77. The van der Waals surface area contributed by atoms with E-state index < -0.39 is 4.33 Å². The van der Waals surface area contributed by atoms with Gasteiger partial charge in [0.05, 0.1) is 19.6 Å². The summed E-state index contributed by atoms with van der Waals surface area (Å²) in [6.45, 7) is 2.26. The van der Waals surface area contributed by atoms with Gasteiger partial charge in [-0.05, 0) is 25.5 Å². The van der Waals surface area contributed by atoms with Crippen LogP contribution in [0.5, 0.6) is 11.5 Å². The van der Waals surface area contributed by atoms with E-state index in [9.17, 15) is 4.79 Å². The van der Waals surface area contributed by atoms with Gasteiger partial charge in [0.15, 0.2) is 11.5 Å². The summed E-state index contributed by atoms with van der Waals surface area (Å²) in [5.74, 6) is 0.857. The molecule has 0 spiro atoms. The van der Waals surface area contributed by atoms with Crippen LogP contribution in [-0.2, 0) is 4.79 Å². The van der Waals surface area contributed by atoms with Crippen LogP contribution in [-0.4, -0.2) is 30.0 Å². The third-order valence-corrected chi connectivity index (χ3v) is 3.94. The standard InChI is InChI=1S/C14H17Cl2NO3/c1-9(8-17-13(18)10-7-14(10,15)16)20-12-6-4-3-5-11(12)19-2/h3-6,9-10H,7-8H2,1-2H3,(H,17,18)/t9-,10+/m0/s1. The zero-order valence-corrected chi connectivity index (χ0v) is 12.9. The summed E-state index contributed by atoms with van der Waals surface area (Å²) >= 11 is 11.7. The van der Waals surface area contributed by atoms with Crippen molar-refractivity contribution in [2.75, 3.05) is 13.7 Å². The minimum Gasteiger partial charge on any atom is -0.493 e. The minimum atomic E-state index is -0.892. The van der Waals surface area contributed by atoms with E-state index in [1.54, 1.807) is 7.11 Å². The smallest absolute Gasteiger partial charge is 0.226 e. The van der Waals surface area contributed by atoms with E-state index in [2.05, 4.69) is 5.32 Å². The molecule has 0 aliphatic heterocycles. The molecule has 1 fully saturated rings. The molecule has 0 unspecified atom stereocenters. The molecule has 1 aliphatic rings. The Morgan fingerprint density at radius 3 is 2.60 bits per heavy atom. The molecule has 20 heavy (non-hydrogen) atoms. The summed E-state index contributed by atoms with van der Waals surface area (Å²) in [5.41, 5.74) is 0. The van der Waals surface area contributed by atoms with Crippen LogP contribution in [0.1, 0.15) is 13.3 Å². The Morgan fingerprint density at radius 1 is 1.45 bits per heavy atom. The number of amides is 1. The van der Waals surface area contributed by atoms with Gasteiger partial charge >= 0.3 is 0 Å². The molecule has 1 aliphatic carbocycles. The number of halogens is 2. The first-order valence-electron chi connectivity index (χ1n) is 6.39. The van der Waals surface area contributed by atoms with Crippen molar-refractivity contribution < 1.29 is 14.3 Å². The lowest BCUT2D eigenvalue weighted by Crippen LogP contribution is -2.35. The third kappa shape index (κ3) is 3.70. The molecular formula is C14H17Cl2NO3. The molecule has 6 heteroatoms. The Bertz CT molecular complexity index is 493. The maximum Gasteiger partial charge on any atom is 0.226 e. The quantitative estimate of drug-likeness (QED) is 0.821. The molecule has 0 heterocycles. The normalized spacial score (nSPS) is 20.9. The van der Waals surface area contributed by atoms with E-state index in [1.807, 2.05) is 31.2 Å². The Balaban J connectivity index is 1.81. The Kier molecular flexibility index (Phi) is 4.66. The van der Waals surface area contributed by atoms with Crippen LogP contribution in [0.4, 0.5) is 0 Å². The van der Waals surface area contributed by atoms with E-state index in [0.717, 1.165) is 0 Å². The predicted molar refractivity (Wildman–Crippen MR) is 78.6 cm³/mol. The molecule has 4 nitrogen and oxygen atoms in total. The largest absolute Gasteiger partial charge is 0.493 e. The van der Waals surface area contributed by atoms with E-state index in [1.165, 1.54) is 0 Å². The number of ether oxygens (including phenoxy) is 2. The monoisotopic (exact) mass is 317 g/mol. The first-order chi connectivity index (χ1) is 9.44. The van der Waals surface area contributed by atoms with Crippen LogP contribution >= 0.6 is 23.2 Å². The number of hydrogen-bond donors (Lipinski definition) is 1. The summed E-state index contributed by atoms with van der Waals surface area (Å²) in [5, 5.41) is 2.78. The SMILES string of the molecule is COc1ccccc1O[C@@H](C)CNC(=O)[C@H]1CC1(Cl)Cl. The number of rotatable bonds is 6. The van der Waals surface area contributed by atoms with Crippen molar-refractivity contribution in [1.29, 1.82) is 0 Å². The van der Waals surface area contributed by atoms with Crippen molar-refractivity contribution in [2.24, 2.45) is 5.92 Å². The highest BCUT2D eigenvalue weighted by Crippen LogP contribution is 2.53. The van der Waals surface area contributed by atoms with Crippen molar-refractivity contribution in [2.45, 2.75) is 23.8 Å². The summed E-state index contributed by atoms with van der Waals surface area (Å²) in [6, 6.07) is 7.37. The molecule has 110 valence electrons. The van der Waals surface area contributed by atoms with Crippen molar-refractivity contribution in [1.82, 2.24) is 5.32 Å². The number of methoxy groups -OCH3 is 1. The highest BCUT2D eigenvalue weighted by Gasteiger charge is 2.56. The van der Waals surface area contributed by atoms with E-state index in [4.69, 9.17) is 32.7 Å². The lowest BCUT2D eigenvalue weighted by molar-refractivity contribution is -0.122. The summed E-state index contributed by atoms with van der Waals surface area (Å²) in [6.07, 6.45) is 0.318. The van der Waals surface area contributed by atoms with Gasteiger partial charge in [0.2, 0.25) is 5.91 Å². The second kappa shape index (κ2) is 6.10. The molecular weight excluding hydrogens is 301 g/mol. The molecule has 0 radical (unpaired) electrons. The fraction of sp³-hybridized carbons (Fsp3) is 0.500. The topological polar surface area (TPSA) is 47.6 Å². The maximum absolute atomic E-state index is 11.7. The molecule has 0 bridgehead atoms. The zero-order valence-electron chi connectivity index (χ0n) is 11.4. The summed E-state index contributed by atoms with van der Waals surface area (Å²) in [4.78, 5) is 11.7. The number of alkyl halides is 2. The highest BCUT2D eigenvalue weighted by atomic mass is 35.5. The second-order valence-electron chi connectivity index (χ2n) is 4.84. The summed E-state index contributed by atoms with van der Waals surface area (Å²) < 4.78 is 10.0. The van der Waals surface area contributed by atoms with Crippen molar-refractivity contribution in [3.8, 4) is 11.5 Å². The molecule has 1 aromatic rings. The van der Waals surface area contributed by atoms with Crippen LogP contribution in [0.3, 0.4) is 0 Å². The Labute approximate surface area is 128 Å². The van der Waals surface area contributed by atoms with Gasteiger partial charge in [-0.3, -0.25) is 4.79 Å². The first-order valence-corrected chi connectivity index (χ1v) is 7.15. The van der Waals surface area contributed by atoms with Crippen molar-refractivity contribution in [3.63, 3.8) is 0 Å². The second-order valence-corrected chi connectivity index (χ2v) is 6.38. The molecule has 2 atom stereocenters. The van der Waals surface area contributed by atoms with Gasteiger partial charge in [0, 0.05) is 0 Å². The van der Waals surface area contributed by atoms with Gasteiger partial charge in [-0.25, -0.2) is 0 Å². The number of benzene rings is 1. The van der Waals surface area contributed by atoms with E-state index >= 15 is 0 Å². The zero-order chi connectivity index (χ0) is 14.8. The van der Waals surface area contributed by atoms with E-state index in [-0.39, 0.29) is 17.9 Å². The van der Waals surface area contributed by atoms with Gasteiger partial charge in [-0.2, -0.15) is 0 Å². The van der Waals surface area contributed by atoms with Gasteiger partial charge in [0.1, 0.15) is 10.4 Å². The van der Waals surface area contributed by atoms with Crippen LogP contribution in [0.15, 0.2) is 24.3 Å². The highest BCUT2D eigenvalue weighted by molar-refractivity contribution is 6.52. The molecule has 1 aromatic carbocycles. The fourth-order valence-corrected chi connectivity index (χ4v) is 2.35. The number of hydrogen-bond acceptors (Lipinski definition) is 3. The molecule has 2 rings (SSSR count). The maximum atomic E-state index is 11.7. The first kappa shape index (κ1) is 15.3. The van der Waals surface area contributed by atoms with Crippen LogP contribution < -0.4 is 14.8 Å². The molecule has 0 saturated heterocycles. The molecule has 1 saturated carbocycles. The van der Waals surface area contributed by atoms with E-state index in [0.29, 0.717) is 24.5 Å². The average Bonchev–Trinajstić information content (AvgIpc) is 3.06. The van der Waals surface area contributed by atoms with Crippen LogP contribution in [0, 0.1) is 5.92 Å². The lowest BCUT2D eigenvalue weighted by Gasteiger charge is -2.17. The average molecular weight is 318 g/mol. The Hall–Kier alpha value is -1.13. The lowest BCUT2D eigenvalue weighted by atomic mass is 10.3. The molecule has 1 N–H and O–H groups in total. The van der Waals surface area contributed by atoms with Gasteiger partial charge in [0.25, 0.3) is 0 Å². The van der Waals surface area contributed by atoms with Crippen LogP contribution in [0.25, 0.3) is 0 Å². The summed E-state index contributed by atoms with van der Waals surface area (Å²) in [7, 11) is 1.59. The minimum absolute atomic E-state index is 0.134. The third-order valence-electron chi connectivity index (χ3n) is 3.10. The van der Waals surface area contributed by atoms with Crippen LogP contribution in [0.2, 0.25) is 0 Å². The fourth-order valence-electron chi connectivity index (χ4n) is 1.84. The van der Waals surface area contributed by atoms with Crippen molar-refractivity contribution >= 4 is 29.1 Å². The number of carbonyl (C=O) groups excluding carboxylic acids is 1. The van der Waals surface area contributed by atoms with Gasteiger partial charge in [-0.15, -0.1) is 23.2 Å². The Morgan fingerprint density at radius 2 is 2.05 bits per heavy atom. The molecule has 1 amide bonds. The van der Waals surface area contributed by atoms with Crippen molar-refractivity contribution in [3.05, 3.63) is 24.3 Å².